The zero-order valence-corrected chi connectivity index (χ0v) is 16.5. The van der Waals surface area contributed by atoms with Gasteiger partial charge in [0.05, 0.1) is 23.0 Å². The summed E-state index contributed by atoms with van der Waals surface area (Å²) in [5.74, 6) is 0.253. The first-order valence-corrected chi connectivity index (χ1v) is 10.2. The molecule has 0 bridgehead atoms. The zero-order valence-electron chi connectivity index (χ0n) is 15.7. The van der Waals surface area contributed by atoms with Gasteiger partial charge in [0.25, 0.3) is 5.69 Å². The summed E-state index contributed by atoms with van der Waals surface area (Å²) >= 11 is 0. The molecule has 1 atom stereocenters. The summed E-state index contributed by atoms with van der Waals surface area (Å²) in [5.41, 5.74) is 0.880. The number of nitro benzene ring substituents is 1. The highest BCUT2D eigenvalue weighted by Crippen LogP contribution is 2.25. The van der Waals surface area contributed by atoms with Gasteiger partial charge in [0.2, 0.25) is 10.0 Å². The minimum absolute atomic E-state index is 0.0336. The van der Waals surface area contributed by atoms with Crippen molar-refractivity contribution in [2.75, 3.05) is 32.8 Å². The van der Waals surface area contributed by atoms with Crippen LogP contribution in [0.5, 0.6) is 0 Å². The van der Waals surface area contributed by atoms with E-state index in [1.165, 1.54) is 6.07 Å². The molecule has 2 rings (SSSR count). The van der Waals surface area contributed by atoms with Gasteiger partial charge in [0.15, 0.2) is 0 Å². The monoisotopic (exact) mass is 385 g/mol. The van der Waals surface area contributed by atoms with Gasteiger partial charge in [-0.1, -0.05) is 13.8 Å². The van der Waals surface area contributed by atoms with E-state index in [-0.39, 0.29) is 29.1 Å². The molecule has 1 fully saturated rings. The molecule has 1 N–H and O–H groups in total. The van der Waals surface area contributed by atoms with Crippen LogP contribution in [0.25, 0.3) is 0 Å². The standard InChI is InChI=1S/C17H27N3O5S/c1-12(2)16(19-5-7-25-8-6-19)11-18-26(23,24)17-10-15(20(21)22)9-13(3)14(17)4/h9-10,12,16,18H,5-8,11H2,1-4H3. The van der Waals surface area contributed by atoms with Crippen LogP contribution >= 0.6 is 0 Å². The van der Waals surface area contributed by atoms with Crippen molar-refractivity contribution in [2.24, 2.45) is 5.92 Å². The maximum atomic E-state index is 12.8. The van der Waals surface area contributed by atoms with E-state index in [2.05, 4.69) is 23.5 Å². The zero-order chi connectivity index (χ0) is 19.5. The number of benzene rings is 1. The van der Waals surface area contributed by atoms with Crippen LogP contribution in [0.4, 0.5) is 5.69 Å². The molecule has 1 saturated heterocycles. The summed E-state index contributed by atoms with van der Waals surface area (Å²) in [7, 11) is -3.85. The highest BCUT2D eigenvalue weighted by atomic mass is 32.2. The maximum Gasteiger partial charge on any atom is 0.271 e. The van der Waals surface area contributed by atoms with Gasteiger partial charge in [0, 0.05) is 37.8 Å². The van der Waals surface area contributed by atoms with E-state index >= 15 is 0 Å². The van der Waals surface area contributed by atoms with E-state index in [4.69, 9.17) is 4.74 Å². The fourth-order valence-corrected chi connectivity index (χ4v) is 4.55. The van der Waals surface area contributed by atoms with E-state index in [0.717, 1.165) is 19.2 Å². The number of hydrogen-bond acceptors (Lipinski definition) is 6. The van der Waals surface area contributed by atoms with Gasteiger partial charge in [-0.2, -0.15) is 0 Å². The second-order valence-corrected chi connectivity index (χ2v) is 8.69. The van der Waals surface area contributed by atoms with Crippen LogP contribution in [0.2, 0.25) is 0 Å². The first-order valence-electron chi connectivity index (χ1n) is 8.70. The van der Waals surface area contributed by atoms with Gasteiger partial charge < -0.3 is 4.74 Å². The lowest BCUT2D eigenvalue weighted by molar-refractivity contribution is -0.385. The number of aryl methyl sites for hydroxylation is 1. The van der Waals surface area contributed by atoms with Gasteiger partial charge in [0.1, 0.15) is 0 Å². The van der Waals surface area contributed by atoms with Crippen molar-refractivity contribution in [2.45, 2.75) is 38.6 Å². The summed E-state index contributed by atoms with van der Waals surface area (Å²) in [4.78, 5) is 12.7. The fraction of sp³-hybridized carbons (Fsp3) is 0.647. The quantitative estimate of drug-likeness (QED) is 0.568. The van der Waals surface area contributed by atoms with Crippen molar-refractivity contribution >= 4 is 15.7 Å². The molecular formula is C17H27N3O5S. The van der Waals surface area contributed by atoms with E-state index in [9.17, 15) is 18.5 Å². The Morgan fingerprint density at radius 1 is 1.27 bits per heavy atom. The minimum atomic E-state index is -3.85. The van der Waals surface area contributed by atoms with Crippen LogP contribution < -0.4 is 4.72 Å². The van der Waals surface area contributed by atoms with Gasteiger partial charge in [-0.15, -0.1) is 0 Å². The lowest BCUT2D eigenvalue weighted by atomic mass is 10.0. The predicted octanol–water partition coefficient (Wildman–Crippen LogP) is 1.85. The topological polar surface area (TPSA) is 102 Å². The van der Waals surface area contributed by atoms with Crippen LogP contribution in [0.1, 0.15) is 25.0 Å². The SMILES string of the molecule is Cc1cc([N+](=O)[O-])cc(S(=O)(=O)NCC(C(C)C)N2CCOCC2)c1C. The number of sulfonamides is 1. The molecule has 0 aromatic heterocycles. The predicted molar refractivity (Wildman–Crippen MR) is 98.8 cm³/mol. The summed E-state index contributed by atoms with van der Waals surface area (Å²) in [6.45, 7) is 10.5. The number of ether oxygens (including phenoxy) is 1. The van der Waals surface area contributed by atoms with Crippen molar-refractivity contribution in [3.8, 4) is 0 Å². The van der Waals surface area contributed by atoms with Crippen molar-refractivity contribution in [1.82, 2.24) is 9.62 Å². The Hall–Kier alpha value is -1.55. The highest BCUT2D eigenvalue weighted by Gasteiger charge is 2.27. The molecule has 0 radical (unpaired) electrons. The molecule has 0 spiro atoms. The molecule has 1 aromatic rings. The highest BCUT2D eigenvalue weighted by molar-refractivity contribution is 7.89. The van der Waals surface area contributed by atoms with Crippen LogP contribution in [0, 0.1) is 29.9 Å². The summed E-state index contributed by atoms with van der Waals surface area (Å²) in [5, 5.41) is 11.1. The van der Waals surface area contributed by atoms with Crippen LogP contribution in [0.15, 0.2) is 17.0 Å². The molecule has 0 saturated carbocycles. The number of nitrogens with zero attached hydrogens (tertiary/aromatic N) is 2. The molecule has 1 aliphatic heterocycles. The normalized spacial score (nSPS) is 17.4. The lowest BCUT2D eigenvalue weighted by Gasteiger charge is -2.36. The van der Waals surface area contributed by atoms with E-state index in [0.29, 0.717) is 24.3 Å². The molecular weight excluding hydrogens is 358 g/mol. The van der Waals surface area contributed by atoms with E-state index in [1.807, 2.05) is 0 Å². The Bertz CT molecular complexity index is 758. The molecule has 9 heteroatoms. The number of non-ortho nitro benzene ring substituents is 1. The number of hydrogen-bond donors (Lipinski definition) is 1. The Morgan fingerprint density at radius 2 is 1.88 bits per heavy atom. The summed E-state index contributed by atoms with van der Waals surface area (Å²) in [6, 6.07) is 2.55. The molecule has 1 aromatic carbocycles. The first-order chi connectivity index (χ1) is 12.1. The molecule has 1 heterocycles. The third kappa shape index (κ3) is 4.79. The Morgan fingerprint density at radius 3 is 2.42 bits per heavy atom. The third-order valence-corrected chi connectivity index (χ3v) is 6.42. The van der Waals surface area contributed by atoms with Crippen molar-refractivity contribution in [3.63, 3.8) is 0 Å². The molecule has 0 amide bonds. The van der Waals surface area contributed by atoms with Crippen molar-refractivity contribution < 1.29 is 18.1 Å². The molecule has 0 aliphatic carbocycles. The largest absolute Gasteiger partial charge is 0.379 e. The molecule has 146 valence electrons. The maximum absolute atomic E-state index is 12.8. The summed E-state index contributed by atoms with van der Waals surface area (Å²) in [6.07, 6.45) is 0. The molecule has 1 unspecified atom stereocenters. The number of nitro groups is 1. The van der Waals surface area contributed by atoms with E-state index in [1.54, 1.807) is 13.8 Å². The lowest BCUT2D eigenvalue weighted by Crippen LogP contribution is -2.51. The second kappa shape index (κ2) is 8.43. The van der Waals surface area contributed by atoms with Gasteiger partial charge in [-0.25, -0.2) is 13.1 Å². The van der Waals surface area contributed by atoms with Gasteiger partial charge in [-0.3, -0.25) is 15.0 Å². The van der Waals surface area contributed by atoms with Crippen LogP contribution in [-0.4, -0.2) is 57.1 Å². The van der Waals surface area contributed by atoms with Crippen LogP contribution in [0.3, 0.4) is 0 Å². The van der Waals surface area contributed by atoms with Crippen LogP contribution in [-0.2, 0) is 14.8 Å². The summed E-state index contributed by atoms with van der Waals surface area (Å²) < 4.78 is 33.6. The number of nitrogens with one attached hydrogen (secondary N) is 1. The van der Waals surface area contributed by atoms with Gasteiger partial charge in [-0.05, 0) is 30.9 Å². The van der Waals surface area contributed by atoms with Gasteiger partial charge >= 0.3 is 0 Å². The molecule has 1 aliphatic rings. The molecule has 26 heavy (non-hydrogen) atoms. The van der Waals surface area contributed by atoms with Crippen molar-refractivity contribution in [3.05, 3.63) is 33.4 Å². The molecule has 8 nitrogen and oxygen atoms in total. The average Bonchev–Trinajstić information content (AvgIpc) is 2.57. The smallest absolute Gasteiger partial charge is 0.271 e. The second-order valence-electron chi connectivity index (χ2n) is 6.95. The fourth-order valence-electron chi connectivity index (χ4n) is 3.16. The third-order valence-electron chi connectivity index (χ3n) is 4.87. The van der Waals surface area contributed by atoms with Crippen molar-refractivity contribution in [1.29, 1.82) is 0 Å². The Balaban J connectivity index is 2.23. The number of morpholine rings is 1. The number of rotatable bonds is 7. The average molecular weight is 385 g/mol. The Labute approximate surface area is 154 Å². The Kier molecular flexibility index (Phi) is 6.73. The first kappa shape index (κ1) is 20.8. The minimum Gasteiger partial charge on any atom is -0.379 e. The van der Waals surface area contributed by atoms with E-state index < -0.39 is 14.9 Å².